The van der Waals surface area contributed by atoms with Crippen LogP contribution in [0.1, 0.15) is 40.8 Å². The number of halogens is 1. The number of carbonyl (C=O) groups excluding carboxylic acids is 2. The lowest BCUT2D eigenvalue weighted by Gasteiger charge is -2.23. The van der Waals surface area contributed by atoms with E-state index in [1.54, 1.807) is 36.4 Å². The Balaban J connectivity index is 1.27. The highest BCUT2D eigenvalue weighted by Crippen LogP contribution is 2.46. The van der Waals surface area contributed by atoms with Gasteiger partial charge in [0.15, 0.2) is 15.8 Å². The first-order valence-electron chi connectivity index (χ1n) is 15.5. The van der Waals surface area contributed by atoms with E-state index < -0.39 is 17.7 Å². The van der Waals surface area contributed by atoms with Gasteiger partial charge in [-0.15, -0.1) is 10.2 Å². The quantitative estimate of drug-likeness (QED) is 0.0506. The Labute approximate surface area is 296 Å². The summed E-state index contributed by atoms with van der Waals surface area (Å²) in [5.41, 5.74) is 3.68. The number of fused-ring (bicyclic) bond motifs is 1. The summed E-state index contributed by atoms with van der Waals surface area (Å²) in [5, 5.41) is 21.3. The Morgan fingerprint density at radius 1 is 1.02 bits per heavy atom. The van der Waals surface area contributed by atoms with Crippen LogP contribution in [0.25, 0.3) is 5.76 Å². The summed E-state index contributed by atoms with van der Waals surface area (Å²) in [6.45, 7) is 2.28. The number of hydrogen-bond acceptors (Lipinski definition) is 10. The molecule has 0 spiro atoms. The van der Waals surface area contributed by atoms with Gasteiger partial charge in [-0.3, -0.25) is 14.5 Å². The van der Waals surface area contributed by atoms with Crippen LogP contribution in [0.4, 0.5) is 5.13 Å². The first kappa shape index (κ1) is 32.7. The molecule has 49 heavy (non-hydrogen) atoms. The molecule has 1 N–H and O–H groups in total. The van der Waals surface area contributed by atoms with Crippen molar-refractivity contribution in [1.29, 1.82) is 0 Å². The number of amides is 1. The number of aromatic nitrogens is 2. The third kappa shape index (κ3) is 6.61. The van der Waals surface area contributed by atoms with Crippen molar-refractivity contribution < 1.29 is 28.9 Å². The van der Waals surface area contributed by atoms with Gasteiger partial charge in [-0.25, -0.2) is 0 Å². The molecule has 2 aliphatic heterocycles. The van der Waals surface area contributed by atoms with Crippen molar-refractivity contribution in [2.75, 3.05) is 12.0 Å². The number of methoxy groups -OCH3 is 1. The standard InChI is InChI=1S/C37H30ClN3O6S2/c1-21-16-26-17-24(13-14-28(26)47-21)33(42)31-32(23-12-15-29(30(18-23)45-2)46-19-22-8-4-3-5-9-22)41(35(44)34(31)43)36-39-40-37(49-36)48-20-25-10-6-7-11-27(25)38/h3-15,17-18,21,32,42H,16,19-20H2,1-2H3/b33-31+. The fraction of sp³-hybridized carbons (Fsp3) is 0.189. The van der Waals surface area contributed by atoms with Gasteiger partial charge in [0.05, 0.1) is 18.7 Å². The second kappa shape index (κ2) is 13.9. The number of thioether (sulfide) groups is 1. The van der Waals surface area contributed by atoms with Gasteiger partial charge in [0.25, 0.3) is 5.78 Å². The minimum Gasteiger partial charge on any atom is -0.507 e. The van der Waals surface area contributed by atoms with Crippen LogP contribution in [-0.2, 0) is 28.4 Å². The summed E-state index contributed by atoms with van der Waals surface area (Å²) in [5.74, 6) is 0.189. The van der Waals surface area contributed by atoms with Crippen LogP contribution in [0.15, 0.2) is 101 Å². The number of aliphatic hydroxyl groups excluding tert-OH is 1. The SMILES string of the molecule is COc1cc(C2/C(=C(\O)c3ccc4c(c3)CC(C)O4)C(=O)C(=O)N2c2nnc(SCc3ccccc3Cl)s2)ccc1OCc1ccccc1. The molecule has 248 valence electrons. The summed E-state index contributed by atoms with van der Waals surface area (Å²) in [7, 11) is 1.52. The zero-order valence-corrected chi connectivity index (χ0v) is 28.8. The van der Waals surface area contributed by atoms with E-state index >= 15 is 0 Å². The number of hydrogen-bond donors (Lipinski definition) is 1. The molecular formula is C37H30ClN3O6S2. The number of rotatable bonds is 10. The number of aliphatic hydroxyl groups is 1. The minimum absolute atomic E-state index is 0.00421. The van der Waals surface area contributed by atoms with Gasteiger partial charge in [-0.1, -0.05) is 89.3 Å². The molecule has 1 fully saturated rings. The number of ether oxygens (including phenoxy) is 3. The van der Waals surface area contributed by atoms with E-state index in [4.69, 9.17) is 25.8 Å². The summed E-state index contributed by atoms with van der Waals surface area (Å²) >= 11 is 8.95. The maximum Gasteiger partial charge on any atom is 0.301 e. The fourth-order valence-electron chi connectivity index (χ4n) is 5.89. The molecule has 7 rings (SSSR count). The van der Waals surface area contributed by atoms with Crippen molar-refractivity contribution in [3.05, 3.63) is 129 Å². The predicted octanol–water partition coefficient (Wildman–Crippen LogP) is 8.02. The largest absolute Gasteiger partial charge is 0.507 e. The van der Waals surface area contributed by atoms with Crippen molar-refractivity contribution in [2.45, 2.75) is 42.2 Å². The number of benzene rings is 4. The first-order chi connectivity index (χ1) is 23.8. The lowest BCUT2D eigenvalue weighted by molar-refractivity contribution is -0.132. The van der Waals surface area contributed by atoms with Crippen LogP contribution in [0, 0.1) is 0 Å². The minimum atomic E-state index is -1.03. The molecule has 1 aromatic heterocycles. The van der Waals surface area contributed by atoms with E-state index in [2.05, 4.69) is 10.2 Å². The zero-order valence-electron chi connectivity index (χ0n) is 26.5. The number of anilines is 1. The average molecular weight is 712 g/mol. The molecule has 2 unspecified atom stereocenters. The van der Waals surface area contributed by atoms with Crippen LogP contribution >= 0.6 is 34.7 Å². The topological polar surface area (TPSA) is 111 Å². The van der Waals surface area contributed by atoms with E-state index in [0.29, 0.717) is 50.8 Å². The van der Waals surface area contributed by atoms with Crippen molar-refractivity contribution in [3.8, 4) is 17.2 Å². The number of Topliss-reactive ketones (excluding diaryl/α,β-unsaturated/α-hetero) is 1. The highest BCUT2D eigenvalue weighted by Gasteiger charge is 2.48. The van der Waals surface area contributed by atoms with Gasteiger partial charge in [0.1, 0.15) is 24.2 Å². The monoisotopic (exact) mass is 711 g/mol. The summed E-state index contributed by atoms with van der Waals surface area (Å²) in [6, 6.07) is 26.7. The van der Waals surface area contributed by atoms with E-state index in [9.17, 15) is 14.7 Å². The molecule has 0 bridgehead atoms. The van der Waals surface area contributed by atoms with Crippen molar-refractivity contribution in [3.63, 3.8) is 0 Å². The third-order valence-corrected chi connectivity index (χ3v) is 10.7. The molecule has 1 amide bonds. The zero-order chi connectivity index (χ0) is 34.1. The van der Waals surface area contributed by atoms with Crippen molar-refractivity contribution in [2.24, 2.45) is 0 Å². The third-order valence-electron chi connectivity index (χ3n) is 8.27. The number of nitrogens with zero attached hydrogens (tertiary/aromatic N) is 3. The molecule has 2 aliphatic rings. The van der Waals surface area contributed by atoms with Gasteiger partial charge in [0, 0.05) is 22.8 Å². The molecule has 2 atom stereocenters. The Bertz CT molecular complexity index is 2090. The Hall–Kier alpha value is -4.84. The van der Waals surface area contributed by atoms with E-state index in [1.165, 1.54) is 35.1 Å². The normalized spacial score (nSPS) is 18.0. The van der Waals surface area contributed by atoms with Crippen LogP contribution in [0.5, 0.6) is 17.2 Å². The van der Waals surface area contributed by atoms with Crippen LogP contribution < -0.4 is 19.1 Å². The Morgan fingerprint density at radius 2 is 1.82 bits per heavy atom. The van der Waals surface area contributed by atoms with Crippen molar-refractivity contribution >= 4 is 57.3 Å². The van der Waals surface area contributed by atoms with Gasteiger partial charge < -0.3 is 19.3 Å². The van der Waals surface area contributed by atoms with Crippen LogP contribution in [0.3, 0.4) is 0 Å². The van der Waals surface area contributed by atoms with Crippen molar-refractivity contribution in [1.82, 2.24) is 10.2 Å². The van der Waals surface area contributed by atoms with Gasteiger partial charge >= 0.3 is 5.91 Å². The number of ketones is 1. The maximum absolute atomic E-state index is 13.9. The smallest absolute Gasteiger partial charge is 0.301 e. The average Bonchev–Trinajstić information content (AvgIpc) is 3.81. The molecule has 9 nitrogen and oxygen atoms in total. The molecule has 12 heteroatoms. The predicted molar refractivity (Wildman–Crippen MR) is 190 cm³/mol. The second-order valence-electron chi connectivity index (χ2n) is 11.5. The summed E-state index contributed by atoms with van der Waals surface area (Å²) in [6.07, 6.45) is 0.658. The van der Waals surface area contributed by atoms with E-state index in [0.717, 1.165) is 22.4 Å². The van der Waals surface area contributed by atoms with E-state index in [-0.39, 0.29) is 22.6 Å². The van der Waals surface area contributed by atoms with Gasteiger partial charge in [0.2, 0.25) is 5.13 Å². The Kier molecular flexibility index (Phi) is 9.31. The van der Waals surface area contributed by atoms with E-state index in [1.807, 2.05) is 61.5 Å². The number of carbonyl (C=O) groups is 2. The summed E-state index contributed by atoms with van der Waals surface area (Å²) in [4.78, 5) is 29.0. The lowest BCUT2D eigenvalue weighted by Crippen LogP contribution is -2.29. The molecule has 0 saturated carbocycles. The van der Waals surface area contributed by atoms with Crippen LogP contribution in [-0.4, -0.2) is 40.2 Å². The summed E-state index contributed by atoms with van der Waals surface area (Å²) < 4.78 is 18.2. The molecule has 0 radical (unpaired) electrons. The molecular weight excluding hydrogens is 682 g/mol. The highest BCUT2D eigenvalue weighted by atomic mass is 35.5. The van der Waals surface area contributed by atoms with Crippen LogP contribution in [0.2, 0.25) is 5.02 Å². The molecule has 5 aromatic rings. The highest BCUT2D eigenvalue weighted by molar-refractivity contribution is 8.00. The van der Waals surface area contributed by atoms with Gasteiger partial charge in [-0.2, -0.15) is 0 Å². The molecule has 4 aromatic carbocycles. The molecule has 3 heterocycles. The molecule has 0 aliphatic carbocycles. The molecule has 1 saturated heterocycles. The first-order valence-corrected chi connectivity index (χ1v) is 17.6. The van der Waals surface area contributed by atoms with Gasteiger partial charge in [-0.05, 0) is 65.6 Å². The second-order valence-corrected chi connectivity index (χ2v) is 14.1. The lowest BCUT2D eigenvalue weighted by atomic mass is 9.94. The fourth-order valence-corrected chi connectivity index (χ4v) is 8.05. The maximum atomic E-state index is 13.9. The Morgan fingerprint density at radius 3 is 2.61 bits per heavy atom.